The molecule has 12 nitrogen and oxygen atoms in total. The van der Waals surface area contributed by atoms with Gasteiger partial charge in [0.25, 0.3) is 0 Å². The Balaban J connectivity index is 1.24. The van der Waals surface area contributed by atoms with Crippen LogP contribution in [0.15, 0.2) is 38.6 Å². The van der Waals surface area contributed by atoms with Crippen molar-refractivity contribution in [3.05, 3.63) is 35.7 Å². The molecule has 4 rings (SSSR count). The molecule has 3 heterocycles. The lowest BCUT2D eigenvalue weighted by molar-refractivity contribution is -0.0312. The number of aliphatic hydroxyl groups excluding tert-OH is 1. The van der Waals surface area contributed by atoms with E-state index in [0.29, 0.717) is 50.4 Å². The highest BCUT2D eigenvalue weighted by Crippen LogP contribution is 2.38. The molecule has 0 amide bonds. The fourth-order valence-corrected chi connectivity index (χ4v) is 7.59. The summed E-state index contributed by atoms with van der Waals surface area (Å²) in [7, 11) is -4.34. The average Bonchev–Trinajstić information content (AvgIpc) is 3.44. The molecule has 2 aliphatic rings. The molecule has 1 aromatic carbocycles. The molecule has 0 bridgehead atoms. The minimum atomic E-state index is -3.68. The second kappa shape index (κ2) is 11.2. The molecule has 1 aromatic heterocycles. The van der Waals surface area contributed by atoms with Crippen molar-refractivity contribution in [3.8, 4) is 5.75 Å². The van der Waals surface area contributed by atoms with Gasteiger partial charge in [-0.05, 0) is 45.2 Å². The second-order valence-electron chi connectivity index (χ2n) is 10.1. The summed E-state index contributed by atoms with van der Waals surface area (Å²) in [6.45, 7) is 4.64. The lowest BCUT2D eigenvalue weighted by atomic mass is 9.88. The Morgan fingerprint density at radius 2 is 1.95 bits per heavy atom. The van der Waals surface area contributed by atoms with Gasteiger partial charge < -0.3 is 24.4 Å². The number of aryl methyl sites for hydroxylation is 2. The smallest absolute Gasteiger partial charge is 0.248 e. The molecule has 2 fully saturated rings. The first-order valence-electron chi connectivity index (χ1n) is 12.5. The van der Waals surface area contributed by atoms with Crippen LogP contribution in [0.25, 0.3) is 0 Å². The summed E-state index contributed by atoms with van der Waals surface area (Å²) in [6.07, 6.45) is 1.05. The van der Waals surface area contributed by atoms with E-state index >= 15 is 0 Å². The first-order chi connectivity index (χ1) is 17.8. The van der Waals surface area contributed by atoms with Gasteiger partial charge in [0.05, 0.1) is 17.1 Å². The maximum absolute atomic E-state index is 13.1. The summed E-state index contributed by atoms with van der Waals surface area (Å²) in [6, 6.07) is 6.18. The minimum absolute atomic E-state index is 0.00823. The normalized spacial score (nSPS) is 21.3. The summed E-state index contributed by atoms with van der Waals surface area (Å²) in [5.41, 5.74) is -0.0413. The number of rotatable bonds is 10. The molecule has 0 aliphatic carbocycles. The van der Waals surface area contributed by atoms with Crippen LogP contribution in [0, 0.1) is 13.8 Å². The number of nitrogens with one attached hydrogen (secondary N) is 1. The molecule has 1 spiro atoms. The molecule has 0 saturated carbocycles. The van der Waals surface area contributed by atoms with Gasteiger partial charge in [-0.15, -0.1) is 0 Å². The number of hydrogen-bond donors (Lipinski definition) is 2. The molecular weight excluding hydrogens is 536 g/mol. The Hall–Kier alpha value is -2.07. The van der Waals surface area contributed by atoms with E-state index in [1.54, 1.807) is 26.0 Å². The van der Waals surface area contributed by atoms with E-state index < -0.39 is 31.8 Å². The van der Waals surface area contributed by atoms with E-state index in [-0.39, 0.29) is 34.7 Å². The third-order valence-corrected chi connectivity index (χ3v) is 11.0. The van der Waals surface area contributed by atoms with Gasteiger partial charge in [-0.3, -0.25) is 0 Å². The zero-order valence-corrected chi connectivity index (χ0v) is 23.7. The van der Waals surface area contributed by atoms with Crippen LogP contribution in [0.3, 0.4) is 0 Å². The molecule has 1 unspecified atom stereocenters. The Labute approximate surface area is 224 Å². The lowest BCUT2D eigenvalue weighted by Crippen LogP contribution is -2.47. The molecule has 2 atom stereocenters. The Kier molecular flexibility index (Phi) is 8.52. The van der Waals surface area contributed by atoms with Crippen molar-refractivity contribution in [3.63, 3.8) is 0 Å². The van der Waals surface area contributed by atoms with E-state index in [1.165, 1.54) is 30.5 Å². The van der Waals surface area contributed by atoms with Crippen LogP contribution in [0.1, 0.15) is 30.7 Å². The highest BCUT2D eigenvalue weighted by molar-refractivity contribution is 7.89. The fraction of sp³-hybridized carbons (Fsp3) is 0.625. The van der Waals surface area contributed by atoms with Crippen molar-refractivity contribution in [1.82, 2.24) is 19.1 Å². The summed E-state index contributed by atoms with van der Waals surface area (Å²) < 4.78 is 70.2. The van der Waals surface area contributed by atoms with Crippen molar-refractivity contribution < 1.29 is 35.9 Å². The van der Waals surface area contributed by atoms with Gasteiger partial charge >= 0.3 is 0 Å². The quantitative estimate of drug-likeness (QED) is 0.420. The summed E-state index contributed by atoms with van der Waals surface area (Å²) in [5.74, 6) is 0.645. The van der Waals surface area contributed by atoms with Crippen LogP contribution in [0.4, 0.5) is 0 Å². The molecule has 2 N–H and O–H groups in total. The second-order valence-corrected chi connectivity index (χ2v) is 14.1. The van der Waals surface area contributed by atoms with Gasteiger partial charge in [-0.25, -0.2) is 21.1 Å². The maximum atomic E-state index is 13.1. The number of aromatic nitrogens is 1. The van der Waals surface area contributed by atoms with E-state index in [9.17, 15) is 21.9 Å². The van der Waals surface area contributed by atoms with E-state index in [2.05, 4.69) is 10.5 Å². The van der Waals surface area contributed by atoms with Crippen LogP contribution in [0.2, 0.25) is 0 Å². The van der Waals surface area contributed by atoms with Gasteiger partial charge in [0.2, 0.25) is 20.0 Å². The predicted octanol–water partition coefficient (Wildman–Crippen LogP) is 0.883. The van der Waals surface area contributed by atoms with Crippen molar-refractivity contribution in [2.45, 2.75) is 60.6 Å². The molecule has 2 saturated heterocycles. The number of aliphatic hydroxyl groups is 1. The van der Waals surface area contributed by atoms with E-state index in [4.69, 9.17) is 14.0 Å². The molecule has 2 aromatic rings. The number of ether oxygens (including phenoxy) is 2. The number of benzene rings is 1. The fourth-order valence-electron chi connectivity index (χ4n) is 4.92. The average molecular weight is 573 g/mol. The molecule has 38 heavy (non-hydrogen) atoms. The number of nitrogens with zero attached hydrogens (tertiary/aromatic N) is 3. The summed E-state index contributed by atoms with van der Waals surface area (Å²) in [4.78, 5) is 0.258. The zero-order valence-electron chi connectivity index (χ0n) is 22.1. The van der Waals surface area contributed by atoms with Crippen molar-refractivity contribution >= 4 is 20.0 Å². The number of hydrogen-bond acceptors (Lipinski definition) is 10. The molecule has 212 valence electrons. The van der Waals surface area contributed by atoms with Crippen LogP contribution in [-0.2, 0) is 24.8 Å². The van der Waals surface area contributed by atoms with Gasteiger partial charge in [0.1, 0.15) is 29.0 Å². The monoisotopic (exact) mass is 572 g/mol. The third-order valence-electron chi connectivity index (χ3n) is 7.08. The highest BCUT2D eigenvalue weighted by atomic mass is 32.2. The van der Waals surface area contributed by atoms with Gasteiger partial charge in [0, 0.05) is 45.8 Å². The SMILES string of the molecule is Cc1noc(C)c1S(=O)(=O)N1CCC2(CC1)CC(NC[C@H](O)COc1cccc(S(=O)(=O)N(C)C)c1)CO2. The first kappa shape index (κ1) is 28.9. The van der Waals surface area contributed by atoms with E-state index in [1.807, 2.05) is 0 Å². The minimum Gasteiger partial charge on any atom is -0.491 e. The zero-order chi connectivity index (χ0) is 27.7. The Morgan fingerprint density at radius 1 is 1.24 bits per heavy atom. The van der Waals surface area contributed by atoms with Crippen molar-refractivity contribution in [2.24, 2.45) is 0 Å². The van der Waals surface area contributed by atoms with Crippen molar-refractivity contribution in [2.75, 3.05) is 46.9 Å². The lowest BCUT2D eigenvalue weighted by Gasteiger charge is -2.37. The maximum Gasteiger partial charge on any atom is 0.248 e. The number of sulfonamides is 2. The molecule has 2 aliphatic heterocycles. The van der Waals surface area contributed by atoms with Crippen LogP contribution in [0.5, 0.6) is 5.75 Å². The van der Waals surface area contributed by atoms with Gasteiger partial charge in [-0.2, -0.15) is 4.31 Å². The molecular formula is C24H36N4O8S2. The summed E-state index contributed by atoms with van der Waals surface area (Å²) >= 11 is 0. The van der Waals surface area contributed by atoms with E-state index in [0.717, 1.165) is 4.31 Å². The van der Waals surface area contributed by atoms with Crippen LogP contribution < -0.4 is 10.1 Å². The molecule has 14 heteroatoms. The van der Waals surface area contributed by atoms with Crippen LogP contribution >= 0.6 is 0 Å². The largest absolute Gasteiger partial charge is 0.491 e. The summed E-state index contributed by atoms with van der Waals surface area (Å²) in [5, 5.41) is 17.5. The first-order valence-corrected chi connectivity index (χ1v) is 15.4. The highest BCUT2D eigenvalue weighted by Gasteiger charge is 2.45. The van der Waals surface area contributed by atoms with Crippen LogP contribution in [-0.4, -0.2) is 100 Å². The Morgan fingerprint density at radius 3 is 2.58 bits per heavy atom. The third kappa shape index (κ3) is 6.06. The van der Waals surface area contributed by atoms with Gasteiger partial charge in [0.15, 0.2) is 5.76 Å². The molecule has 0 radical (unpaired) electrons. The Bertz CT molecular complexity index is 1320. The van der Waals surface area contributed by atoms with Gasteiger partial charge in [-0.1, -0.05) is 11.2 Å². The number of piperidine rings is 1. The van der Waals surface area contributed by atoms with Crippen molar-refractivity contribution in [1.29, 1.82) is 0 Å². The topological polar surface area (TPSA) is 152 Å². The standard InChI is InChI=1S/C24H36N4O8S2/c1-17-23(18(2)36-26-17)38(32,33)28-10-8-24(9-11-28)13-19(15-35-24)25-14-20(29)16-34-21-6-5-7-22(12-21)37(30,31)27(3)4/h5-7,12,19-20,25,29H,8-11,13-16H2,1-4H3/t19?,20-/m0/s1. The predicted molar refractivity (Wildman–Crippen MR) is 138 cm³/mol.